The standard InChI is InChI=1S/C21H25O4P/c1-4-24-20(22)19(21(23)25-5-2)16(3)26(17-12-8-6-9-13-17)18-14-10-7-11-15-18/h6-16,19H,4-5H2,1-3H3/t16-/m1/s1. The lowest BCUT2D eigenvalue weighted by Crippen LogP contribution is -2.38. The van der Waals surface area contributed by atoms with Gasteiger partial charge in [0.15, 0.2) is 5.92 Å². The number of hydrogen-bond donors (Lipinski definition) is 0. The summed E-state index contributed by atoms with van der Waals surface area (Å²) in [5.41, 5.74) is -0.257. The summed E-state index contributed by atoms with van der Waals surface area (Å²) < 4.78 is 10.4. The molecule has 0 aliphatic carbocycles. The molecule has 0 spiro atoms. The monoisotopic (exact) mass is 372 g/mol. The fraction of sp³-hybridized carbons (Fsp3) is 0.333. The van der Waals surface area contributed by atoms with E-state index in [1.165, 1.54) is 0 Å². The largest absolute Gasteiger partial charge is 0.465 e. The van der Waals surface area contributed by atoms with Gasteiger partial charge < -0.3 is 9.47 Å². The Balaban J connectivity index is 2.46. The molecule has 0 N–H and O–H groups in total. The number of carbonyl (C=O) groups is 2. The van der Waals surface area contributed by atoms with E-state index in [9.17, 15) is 9.59 Å². The summed E-state index contributed by atoms with van der Waals surface area (Å²) in [6, 6.07) is 20.0. The molecule has 0 amide bonds. The van der Waals surface area contributed by atoms with Gasteiger partial charge >= 0.3 is 11.9 Å². The molecule has 0 aromatic heterocycles. The van der Waals surface area contributed by atoms with Gasteiger partial charge in [-0.1, -0.05) is 67.6 Å². The highest BCUT2D eigenvalue weighted by atomic mass is 31.1. The highest BCUT2D eigenvalue weighted by Gasteiger charge is 2.40. The maximum Gasteiger partial charge on any atom is 0.320 e. The molecule has 2 aromatic rings. The van der Waals surface area contributed by atoms with Crippen LogP contribution in [0, 0.1) is 5.92 Å². The predicted molar refractivity (Wildman–Crippen MR) is 105 cm³/mol. The minimum atomic E-state index is -0.943. The second-order valence-corrected chi connectivity index (χ2v) is 8.35. The molecule has 0 aliphatic rings. The molecule has 26 heavy (non-hydrogen) atoms. The van der Waals surface area contributed by atoms with Crippen LogP contribution in [0.3, 0.4) is 0 Å². The van der Waals surface area contributed by atoms with Gasteiger partial charge in [0.05, 0.1) is 13.2 Å². The van der Waals surface area contributed by atoms with E-state index in [0.29, 0.717) is 0 Å². The summed E-state index contributed by atoms with van der Waals surface area (Å²) in [4.78, 5) is 25.1. The fourth-order valence-electron chi connectivity index (χ4n) is 2.90. The van der Waals surface area contributed by atoms with Gasteiger partial charge in [0.2, 0.25) is 0 Å². The molecule has 0 unspecified atom stereocenters. The highest BCUT2D eigenvalue weighted by molar-refractivity contribution is 7.73. The molecule has 138 valence electrons. The van der Waals surface area contributed by atoms with Crippen LogP contribution in [-0.2, 0) is 19.1 Å². The average molecular weight is 372 g/mol. The van der Waals surface area contributed by atoms with Crippen LogP contribution in [0.5, 0.6) is 0 Å². The van der Waals surface area contributed by atoms with Crippen molar-refractivity contribution in [2.24, 2.45) is 5.92 Å². The van der Waals surface area contributed by atoms with Gasteiger partial charge in [0.25, 0.3) is 0 Å². The van der Waals surface area contributed by atoms with Crippen LogP contribution >= 0.6 is 7.92 Å². The molecular weight excluding hydrogens is 347 g/mol. The third kappa shape index (κ3) is 4.92. The molecule has 4 nitrogen and oxygen atoms in total. The van der Waals surface area contributed by atoms with E-state index in [2.05, 4.69) is 0 Å². The number of carbonyl (C=O) groups excluding carboxylic acids is 2. The Morgan fingerprint density at radius 1 is 0.808 bits per heavy atom. The van der Waals surface area contributed by atoms with Crippen molar-refractivity contribution >= 4 is 30.5 Å². The lowest BCUT2D eigenvalue weighted by molar-refractivity contribution is -0.161. The van der Waals surface area contributed by atoms with Crippen LogP contribution in [0.1, 0.15) is 20.8 Å². The van der Waals surface area contributed by atoms with Gasteiger partial charge in [-0.3, -0.25) is 9.59 Å². The molecule has 0 fully saturated rings. The van der Waals surface area contributed by atoms with Crippen molar-refractivity contribution in [3.05, 3.63) is 60.7 Å². The molecule has 0 aliphatic heterocycles. The number of hydrogen-bond acceptors (Lipinski definition) is 4. The molecule has 1 atom stereocenters. The highest BCUT2D eigenvalue weighted by Crippen LogP contribution is 2.43. The zero-order valence-electron chi connectivity index (χ0n) is 15.4. The van der Waals surface area contributed by atoms with Crippen LogP contribution in [0.4, 0.5) is 0 Å². The summed E-state index contributed by atoms with van der Waals surface area (Å²) >= 11 is 0. The molecule has 0 saturated carbocycles. The third-order valence-corrected chi connectivity index (χ3v) is 6.86. The summed E-state index contributed by atoms with van der Waals surface area (Å²) in [7, 11) is -0.939. The lowest BCUT2D eigenvalue weighted by atomic mass is 10.1. The van der Waals surface area contributed by atoms with E-state index in [1.54, 1.807) is 13.8 Å². The molecule has 0 radical (unpaired) electrons. The Kier molecular flexibility index (Phi) is 7.80. The van der Waals surface area contributed by atoms with E-state index < -0.39 is 25.8 Å². The smallest absolute Gasteiger partial charge is 0.320 e. The van der Waals surface area contributed by atoms with Crippen LogP contribution in [0.15, 0.2) is 60.7 Å². The van der Waals surface area contributed by atoms with Crippen LogP contribution in [0.25, 0.3) is 0 Å². The second kappa shape index (κ2) is 10.1. The third-order valence-electron chi connectivity index (χ3n) is 4.04. The summed E-state index contributed by atoms with van der Waals surface area (Å²) in [6.07, 6.45) is 0. The Labute approximate surface area is 156 Å². The van der Waals surface area contributed by atoms with Gasteiger partial charge in [-0.2, -0.15) is 0 Å². The first-order valence-corrected chi connectivity index (χ1v) is 10.2. The fourth-order valence-corrected chi connectivity index (χ4v) is 5.67. The molecule has 5 heteroatoms. The van der Waals surface area contributed by atoms with E-state index in [-0.39, 0.29) is 18.9 Å². The molecular formula is C21H25O4P. The van der Waals surface area contributed by atoms with Crippen molar-refractivity contribution in [2.75, 3.05) is 13.2 Å². The van der Waals surface area contributed by atoms with Gasteiger partial charge in [0.1, 0.15) is 0 Å². The van der Waals surface area contributed by atoms with E-state index in [4.69, 9.17) is 9.47 Å². The first-order chi connectivity index (χ1) is 12.6. The van der Waals surface area contributed by atoms with Gasteiger partial charge in [0, 0.05) is 5.66 Å². The number of benzene rings is 2. The number of rotatable bonds is 8. The normalized spacial score (nSPS) is 12.0. The quantitative estimate of drug-likeness (QED) is 0.406. The van der Waals surface area contributed by atoms with Crippen LogP contribution < -0.4 is 10.6 Å². The summed E-state index contributed by atoms with van der Waals surface area (Å²) in [5, 5.41) is 2.22. The van der Waals surface area contributed by atoms with Crippen molar-refractivity contribution in [3.63, 3.8) is 0 Å². The molecule has 2 aromatic carbocycles. The van der Waals surface area contributed by atoms with Crippen molar-refractivity contribution in [2.45, 2.75) is 26.4 Å². The molecule has 2 rings (SSSR count). The molecule has 0 heterocycles. The van der Waals surface area contributed by atoms with Crippen LogP contribution in [0.2, 0.25) is 0 Å². The zero-order valence-corrected chi connectivity index (χ0v) is 16.3. The Bertz CT molecular complexity index is 645. The van der Waals surface area contributed by atoms with Crippen molar-refractivity contribution in [1.29, 1.82) is 0 Å². The van der Waals surface area contributed by atoms with E-state index in [1.807, 2.05) is 67.6 Å². The van der Waals surface area contributed by atoms with Gasteiger partial charge in [-0.25, -0.2) is 0 Å². The van der Waals surface area contributed by atoms with E-state index >= 15 is 0 Å². The molecule has 0 saturated heterocycles. The minimum Gasteiger partial charge on any atom is -0.465 e. The Morgan fingerprint density at radius 2 is 1.19 bits per heavy atom. The van der Waals surface area contributed by atoms with Crippen molar-refractivity contribution < 1.29 is 19.1 Å². The maximum absolute atomic E-state index is 12.6. The van der Waals surface area contributed by atoms with Crippen LogP contribution in [-0.4, -0.2) is 30.8 Å². The average Bonchev–Trinajstić information content (AvgIpc) is 2.64. The first-order valence-electron chi connectivity index (χ1n) is 8.82. The van der Waals surface area contributed by atoms with Gasteiger partial charge in [-0.05, 0) is 32.4 Å². The number of ether oxygens (including phenoxy) is 2. The zero-order chi connectivity index (χ0) is 18.9. The lowest BCUT2D eigenvalue weighted by Gasteiger charge is -2.29. The second-order valence-electron chi connectivity index (χ2n) is 5.76. The van der Waals surface area contributed by atoms with Crippen molar-refractivity contribution in [3.8, 4) is 0 Å². The summed E-state index contributed by atoms with van der Waals surface area (Å²) in [5.74, 6) is -1.97. The Hall–Kier alpha value is -2.19. The topological polar surface area (TPSA) is 52.6 Å². The summed E-state index contributed by atoms with van der Waals surface area (Å²) in [6.45, 7) is 5.88. The van der Waals surface area contributed by atoms with Crippen molar-refractivity contribution in [1.82, 2.24) is 0 Å². The van der Waals surface area contributed by atoms with E-state index in [0.717, 1.165) is 10.6 Å². The SMILES string of the molecule is CCOC(=O)C(C(=O)OCC)[C@@H](C)P(c1ccccc1)c1ccccc1. The minimum absolute atomic E-state index is 0.232. The number of esters is 2. The molecule has 0 bridgehead atoms. The first kappa shape index (κ1) is 20.1. The maximum atomic E-state index is 12.6. The predicted octanol–water partition coefficient (Wildman–Crippen LogP) is 3.25. The Morgan fingerprint density at radius 3 is 1.54 bits per heavy atom. The van der Waals surface area contributed by atoms with Gasteiger partial charge in [-0.15, -0.1) is 0 Å².